The zero-order valence-corrected chi connectivity index (χ0v) is 12.0. The maximum Gasteiger partial charge on any atom is 0.159 e. The van der Waals surface area contributed by atoms with E-state index in [1.165, 1.54) is 11.6 Å². The summed E-state index contributed by atoms with van der Waals surface area (Å²) in [6.45, 7) is 1.11. The van der Waals surface area contributed by atoms with E-state index in [4.69, 9.17) is 5.73 Å². The highest BCUT2D eigenvalue weighted by Crippen LogP contribution is 2.20. The SMILES string of the molecule is CN(CCc1ccncc1)C(CN)c1ccc(F)c(F)c1. The van der Waals surface area contributed by atoms with Crippen LogP contribution in [0.3, 0.4) is 0 Å². The van der Waals surface area contributed by atoms with Crippen LogP contribution in [0.25, 0.3) is 0 Å². The van der Waals surface area contributed by atoms with Crippen molar-refractivity contribution in [3.8, 4) is 0 Å². The maximum absolute atomic E-state index is 13.3. The predicted molar refractivity (Wildman–Crippen MR) is 78.7 cm³/mol. The Balaban J connectivity index is 2.04. The van der Waals surface area contributed by atoms with E-state index < -0.39 is 11.6 Å². The number of hydrogen-bond acceptors (Lipinski definition) is 3. The monoisotopic (exact) mass is 291 g/mol. The van der Waals surface area contributed by atoms with E-state index in [9.17, 15) is 8.78 Å². The lowest BCUT2D eigenvalue weighted by Crippen LogP contribution is -2.32. The molecular weight excluding hydrogens is 272 g/mol. The van der Waals surface area contributed by atoms with Crippen molar-refractivity contribution in [1.82, 2.24) is 9.88 Å². The number of halogens is 2. The molecule has 1 aromatic heterocycles. The third-order valence-corrected chi connectivity index (χ3v) is 3.59. The molecule has 1 heterocycles. The standard InChI is InChI=1S/C16H19F2N3/c1-21(9-6-12-4-7-20-8-5-12)16(11-19)13-2-3-14(17)15(18)10-13/h2-5,7-8,10,16H,6,9,11,19H2,1H3. The van der Waals surface area contributed by atoms with Crippen molar-refractivity contribution in [2.24, 2.45) is 5.73 Å². The molecule has 0 aliphatic carbocycles. The number of aromatic nitrogens is 1. The molecule has 5 heteroatoms. The highest BCUT2D eigenvalue weighted by molar-refractivity contribution is 5.22. The van der Waals surface area contributed by atoms with Gasteiger partial charge in [-0.15, -0.1) is 0 Å². The number of likely N-dealkylation sites (N-methyl/N-ethyl adjacent to an activating group) is 1. The summed E-state index contributed by atoms with van der Waals surface area (Å²) in [6.07, 6.45) is 4.36. The van der Waals surface area contributed by atoms with Gasteiger partial charge in [-0.2, -0.15) is 0 Å². The highest BCUT2D eigenvalue weighted by Gasteiger charge is 2.17. The summed E-state index contributed by atoms with van der Waals surface area (Å²) in [6, 6.07) is 7.73. The van der Waals surface area contributed by atoms with Gasteiger partial charge in [-0.05, 0) is 48.9 Å². The summed E-state index contributed by atoms with van der Waals surface area (Å²) in [5, 5.41) is 0. The molecule has 0 bridgehead atoms. The maximum atomic E-state index is 13.3. The van der Waals surface area contributed by atoms with Gasteiger partial charge in [0.1, 0.15) is 0 Å². The van der Waals surface area contributed by atoms with E-state index >= 15 is 0 Å². The summed E-state index contributed by atoms with van der Waals surface area (Å²) >= 11 is 0. The van der Waals surface area contributed by atoms with Gasteiger partial charge in [-0.3, -0.25) is 9.88 Å². The van der Waals surface area contributed by atoms with Gasteiger partial charge in [0, 0.05) is 31.5 Å². The summed E-state index contributed by atoms with van der Waals surface area (Å²) < 4.78 is 26.4. The Morgan fingerprint density at radius 3 is 2.48 bits per heavy atom. The van der Waals surface area contributed by atoms with Gasteiger partial charge in [0.25, 0.3) is 0 Å². The largest absolute Gasteiger partial charge is 0.329 e. The third-order valence-electron chi connectivity index (χ3n) is 3.59. The van der Waals surface area contributed by atoms with E-state index in [0.29, 0.717) is 12.1 Å². The van der Waals surface area contributed by atoms with Gasteiger partial charge < -0.3 is 5.73 Å². The molecular formula is C16H19F2N3. The molecule has 1 aromatic carbocycles. The van der Waals surface area contributed by atoms with Crippen LogP contribution >= 0.6 is 0 Å². The second-order valence-electron chi connectivity index (χ2n) is 5.01. The smallest absolute Gasteiger partial charge is 0.159 e. The average molecular weight is 291 g/mol. The molecule has 0 spiro atoms. The molecule has 0 amide bonds. The molecule has 2 aromatic rings. The van der Waals surface area contributed by atoms with Crippen molar-refractivity contribution in [2.75, 3.05) is 20.1 Å². The van der Waals surface area contributed by atoms with Crippen LogP contribution in [-0.2, 0) is 6.42 Å². The van der Waals surface area contributed by atoms with Gasteiger partial charge in [-0.25, -0.2) is 8.78 Å². The molecule has 2 rings (SSSR count). The fourth-order valence-electron chi connectivity index (χ4n) is 2.30. The fourth-order valence-corrected chi connectivity index (χ4v) is 2.30. The van der Waals surface area contributed by atoms with E-state index in [-0.39, 0.29) is 6.04 Å². The quantitative estimate of drug-likeness (QED) is 0.889. The van der Waals surface area contributed by atoms with E-state index in [2.05, 4.69) is 4.98 Å². The minimum Gasteiger partial charge on any atom is -0.329 e. The molecule has 112 valence electrons. The number of rotatable bonds is 6. The minimum atomic E-state index is -0.839. The molecule has 0 aliphatic heterocycles. The lowest BCUT2D eigenvalue weighted by atomic mass is 10.0. The molecule has 0 saturated carbocycles. The van der Waals surface area contributed by atoms with Crippen LogP contribution in [0.1, 0.15) is 17.2 Å². The van der Waals surface area contributed by atoms with Crippen molar-refractivity contribution in [2.45, 2.75) is 12.5 Å². The van der Waals surface area contributed by atoms with Crippen LogP contribution in [0.2, 0.25) is 0 Å². The Kier molecular flexibility index (Phi) is 5.36. The lowest BCUT2D eigenvalue weighted by molar-refractivity contribution is 0.252. The van der Waals surface area contributed by atoms with Gasteiger partial charge in [-0.1, -0.05) is 6.07 Å². The first-order chi connectivity index (χ1) is 10.1. The van der Waals surface area contributed by atoms with Crippen LogP contribution in [0, 0.1) is 11.6 Å². The first kappa shape index (κ1) is 15.5. The van der Waals surface area contributed by atoms with Crippen LogP contribution in [0.5, 0.6) is 0 Å². The first-order valence-electron chi connectivity index (χ1n) is 6.86. The van der Waals surface area contributed by atoms with Crippen molar-refractivity contribution < 1.29 is 8.78 Å². The molecule has 1 unspecified atom stereocenters. The second-order valence-corrected chi connectivity index (χ2v) is 5.01. The Morgan fingerprint density at radius 2 is 1.86 bits per heavy atom. The molecule has 2 N–H and O–H groups in total. The molecule has 0 fully saturated rings. The number of benzene rings is 1. The van der Waals surface area contributed by atoms with Gasteiger partial charge >= 0.3 is 0 Å². The van der Waals surface area contributed by atoms with Crippen LogP contribution < -0.4 is 5.73 Å². The zero-order valence-electron chi connectivity index (χ0n) is 12.0. The van der Waals surface area contributed by atoms with Crippen molar-refractivity contribution >= 4 is 0 Å². The highest BCUT2D eigenvalue weighted by atomic mass is 19.2. The van der Waals surface area contributed by atoms with Gasteiger partial charge in [0.15, 0.2) is 11.6 Å². The summed E-state index contributed by atoms with van der Waals surface area (Å²) in [7, 11) is 1.93. The second kappa shape index (κ2) is 7.24. The number of nitrogens with zero attached hydrogens (tertiary/aromatic N) is 2. The van der Waals surface area contributed by atoms with Crippen molar-refractivity contribution in [3.63, 3.8) is 0 Å². The van der Waals surface area contributed by atoms with E-state index in [1.54, 1.807) is 18.5 Å². The van der Waals surface area contributed by atoms with Crippen molar-refractivity contribution in [3.05, 3.63) is 65.5 Å². The fraction of sp³-hybridized carbons (Fsp3) is 0.312. The Labute approximate surface area is 123 Å². The number of hydrogen-bond donors (Lipinski definition) is 1. The molecule has 0 radical (unpaired) electrons. The Morgan fingerprint density at radius 1 is 1.14 bits per heavy atom. The average Bonchev–Trinajstić information content (AvgIpc) is 2.50. The van der Waals surface area contributed by atoms with Crippen LogP contribution in [0.15, 0.2) is 42.7 Å². The predicted octanol–water partition coefficient (Wildman–Crippen LogP) is 2.53. The zero-order chi connectivity index (χ0) is 15.2. The number of pyridine rings is 1. The summed E-state index contributed by atoms with van der Waals surface area (Å²) in [4.78, 5) is 6.03. The van der Waals surface area contributed by atoms with Crippen LogP contribution in [0.4, 0.5) is 8.78 Å². The lowest BCUT2D eigenvalue weighted by Gasteiger charge is -2.27. The Bertz CT molecular complexity index is 575. The van der Waals surface area contributed by atoms with Crippen LogP contribution in [-0.4, -0.2) is 30.0 Å². The van der Waals surface area contributed by atoms with Crippen molar-refractivity contribution in [1.29, 1.82) is 0 Å². The van der Waals surface area contributed by atoms with Gasteiger partial charge in [0.05, 0.1) is 0 Å². The first-order valence-corrected chi connectivity index (χ1v) is 6.86. The van der Waals surface area contributed by atoms with Gasteiger partial charge in [0.2, 0.25) is 0 Å². The number of nitrogens with two attached hydrogens (primary N) is 1. The summed E-state index contributed by atoms with van der Waals surface area (Å²) in [5.41, 5.74) is 7.66. The summed E-state index contributed by atoms with van der Waals surface area (Å²) in [5.74, 6) is -1.68. The molecule has 21 heavy (non-hydrogen) atoms. The van der Waals surface area contributed by atoms with E-state index in [1.807, 2.05) is 24.1 Å². The molecule has 3 nitrogen and oxygen atoms in total. The minimum absolute atomic E-state index is 0.137. The van der Waals surface area contributed by atoms with E-state index in [0.717, 1.165) is 19.0 Å². The molecule has 0 aliphatic rings. The molecule has 1 atom stereocenters. The normalized spacial score (nSPS) is 12.6. The molecule has 0 saturated heterocycles. The Hall–Kier alpha value is -1.85. The topological polar surface area (TPSA) is 42.2 Å². The third kappa shape index (κ3) is 4.06.